The molecular weight excluding hydrogens is 220 g/mol. The molecule has 0 saturated carbocycles. The predicted molar refractivity (Wildman–Crippen MR) is 60.4 cm³/mol. The van der Waals surface area contributed by atoms with E-state index in [1.54, 1.807) is 13.1 Å². The Kier molecular flexibility index (Phi) is 3.22. The van der Waals surface area contributed by atoms with E-state index in [0.717, 1.165) is 17.9 Å². The van der Waals surface area contributed by atoms with Crippen LogP contribution in [-0.2, 0) is 13.0 Å². The van der Waals surface area contributed by atoms with Crippen LogP contribution in [0.25, 0.3) is 0 Å². The molecule has 2 N–H and O–H groups in total. The number of hydrogen-bond acceptors (Lipinski definition) is 4. The van der Waals surface area contributed by atoms with Gasteiger partial charge >= 0.3 is 0 Å². The Bertz CT molecular complexity index is 515. The lowest BCUT2D eigenvalue weighted by atomic mass is 10.2. The molecule has 0 aliphatic rings. The van der Waals surface area contributed by atoms with Crippen molar-refractivity contribution in [2.75, 3.05) is 0 Å². The van der Waals surface area contributed by atoms with Crippen LogP contribution in [0.3, 0.4) is 0 Å². The number of aromatic nitrogens is 3. The zero-order chi connectivity index (χ0) is 12.3. The van der Waals surface area contributed by atoms with E-state index >= 15 is 0 Å². The molecule has 0 spiro atoms. The molecule has 0 fully saturated rings. The van der Waals surface area contributed by atoms with Crippen LogP contribution in [0.15, 0.2) is 16.8 Å². The summed E-state index contributed by atoms with van der Waals surface area (Å²) in [4.78, 5) is 15.8. The van der Waals surface area contributed by atoms with Gasteiger partial charge in [-0.3, -0.25) is 9.89 Å². The standard InChI is InChI=1S/C11H14N4O2/c1-3-8-4-12-10(17-8)6-13-11(16)9-5-14-15-7(9)2/h4-5H,3,6H2,1-2H3,(H,13,16)(H,14,15). The van der Waals surface area contributed by atoms with Crippen LogP contribution >= 0.6 is 0 Å². The van der Waals surface area contributed by atoms with Crippen LogP contribution in [0, 0.1) is 6.92 Å². The molecule has 6 heteroatoms. The lowest BCUT2D eigenvalue weighted by Crippen LogP contribution is -2.23. The van der Waals surface area contributed by atoms with Gasteiger partial charge in [0.2, 0.25) is 5.89 Å². The van der Waals surface area contributed by atoms with E-state index in [0.29, 0.717) is 11.5 Å². The quantitative estimate of drug-likeness (QED) is 0.832. The first kappa shape index (κ1) is 11.4. The van der Waals surface area contributed by atoms with Crippen molar-refractivity contribution in [2.45, 2.75) is 26.8 Å². The van der Waals surface area contributed by atoms with Crippen molar-refractivity contribution in [1.82, 2.24) is 20.5 Å². The molecule has 0 saturated heterocycles. The van der Waals surface area contributed by atoms with Gasteiger partial charge in [0.1, 0.15) is 5.76 Å². The minimum Gasteiger partial charge on any atom is -0.444 e. The fourth-order valence-electron chi connectivity index (χ4n) is 1.42. The number of aryl methyl sites for hydroxylation is 2. The van der Waals surface area contributed by atoms with Gasteiger partial charge in [-0.25, -0.2) is 4.98 Å². The molecule has 0 bridgehead atoms. The minimum atomic E-state index is -0.188. The zero-order valence-electron chi connectivity index (χ0n) is 9.78. The molecule has 0 aromatic carbocycles. The third-order valence-corrected chi connectivity index (χ3v) is 2.42. The molecular formula is C11H14N4O2. The van der Waals surface area contributed by atoms with E-state index < -0.39 is 0 Å². The Hall–Kier alpha value is -2.11. The van der Waals surface area contributed by atoms with Crippen molar-refractivity contribution < 1.29 is 9.21 Å². The number of amides is 1. The monoisotopic (exact) mass is 234 g/mol. The molecule has 2 aromatic rings. The maximum absolute atomic E-state index is 11.7. The number of nitrogens with one attached hydrogen (secondary N) is 2. The smallest absolute Gasteiger partial charge is 0.255 e. The second-order valence-corrected chi connectivity index (χ2v) is 3.67. The fourth-order valence-corrected chi connectivity index (χ4v) is 1.42. The number of H-pyrrole nitrogens is 1. The second kappa shape index (κ2) is 4.82. The molecule has 90 valence electrons. The Morgan fingerprint density at radius 1 is 1.53 bits per heavy atom. The number of oxazole rings is 1. The van der Waals surface area contributed by atoms with E-state index in [1.807, 2.05) is 6.92 Å². The number of rotatable bonds is 4. The fraction of sp³-hybridized carbons (Fsp3) is 0.364. The molecule has 0 atom stereocenters. The van der Waals surface area contributed by atoms with Gasteiger partial charge in [0, 0.05) is 12.1 Å². The first-order valence-corrected chi connectivity index (χ1v) is 5.42. The highest BCUT2D eigenvalue weighted by Gasteiger charge is 2.11. The molecule has 0 aliphatic heterocycles. The third-order valence-electron chi connectivity index (χ3n) is 2.42. The normalized spacial score (nSPS) is 10.5. The summed E-state index contributed by atoms with van der Waals surface area (Å²) >= 11 is 0. The maximum Gasteiger partial charge on any atom is 0.255 e. The SMILES string of the molecule is CCc1cnc(CNC(=O)c2cn[nH]c2C)o1. The highest BCUT2D eigenvalue weighted by atomic mass is 16.4. The van der Waals surface area contributed by atoms with Gasteiger partial charge in [-0.15, -0.1) is 0 Å². The van der Waals surface area contributed by atoms with Gasteiger partial charge in [0.25, 0.3) is 5.91 Å². The lowest BCUT2D eigenvalue weighted by Gasteiger charge is -2.00. The Balaban J connectivity index is 1.94. The Morgan fingerprint density at radius 2 is 2.35 bits per heavy atom. The summed E-state index contributed by atoms with van der Waals surface area (Å²) in [6, 6.07) is 0. The maximum atomic E-state index is 11.7. The Morgan fingerprint density at radius 3 is 2.94 bits per heavy atom. The summed E-state index contributed by atoms with van der Waals surface area (Å²) in [6.07, 6.45) is 3.96. The molecule has 17 heavy (non-hydrogen) atoms. The summed E-state index contributed by atoms with van der Waals surface area (Å²) in [6.45, 7) is 4.06. The van der Waals surface area contributed by atoms with E-state index in [1.165, 1.54) is 6.20 Å². The zero-order valence-corrected chi connectivity index (χ0v) is 9.78. The van der Waals surface area contributed by atoms with Crippen molar-refractivity contribution >= 4 is 5.91 Å². The number of carbonyl (C=O) groups is 1. The van der Waals surface area contributed by atoms with Crippen LogP contribution in [0.2, 0.25) is 0 Å². The minimum absolute atomic E-state index is 0.188. The first-order valence-electron chi connectivity index (χ1n) is 5.42. The van der Waals surface area contributed by atoms with Gasteiger partial charge in [-0.2, -0.15) is 5.10 Å². The molecule has 1 amide bonds. The van der Waals surface area contributed by atoms with Gasteiger partial charge < -0.3 is 9.73 Å². The summed E-state index contributed by atoms with van der Waals surface area (Å²) < 4.78 is 5.38. The number of carbonyl (C=O) groups excluding carboxylic acids is 1. The summed E-state index contributed by atoms with van der Waals surface area (Å²) in [7, 11) is 0. The van der Waals surface area contributed by atoms with Crippen molar-refractivity contribution in [1.29, 1.82) is 0 Å². The molecule has 0 aliphatic carbocycles. The second-order valence-electron chi connectivity index (χ2n) is 3.67. The molecule has 6 nitrogen and oxygen atoms in total. The van der Waals surface area contributed by atoms with E-state index in [4.69, 9.17) is 4.42 Å². The van der Waals surface area contributed by atoms with Crippen LogP contribution in [0.1, 0.15) is 34.6 Å². The largest absolute Gasteiger partial charge is 0.444 e. The number of nitrogens with zero attached hydrogens (tertiary/aromatic N) is 2. The topological polar surface area (TPSA) is 83.8 Å². The number of aromatic amines is 1. The van der Waals surface area contributed by atoms with Gasteiger partial charge in [-0.05, 0) is 6.92 Å². The summed E-state index contributed by atoms with van der Waals surface area (Å²) in [5.41, 5.74) is 1.27. The molecule has 0 unspecified atom stereocenters. The highest BCUT2D eigenvalue weighted by Crippen LogP contribution is 2.05. The van der Waals surface area contributed by atoms with Crippen molar-refractivity contribution in [3.05, 3.63) is 35.3 Å². The Labute approximate surface area is 98.4 Å². The third kappa shape index (κ3) is 2.52. The van der Waals surface area contributed by atoms with Crippen LogP contribution < -0.4 is 5.32 Å². The number of hydrogen-bond donors (Lipinski definition) is 2. The van der Waals surface area contributed by atoms with Gasteiger partial charge in [0.15, 0.2) is 0 Å². The first-order chi connectivity index (χ1) is 8.20. The molecule has 2 aromatic heterocycles. The van der Waals surface area contributed by atoms with E-state index in [9.17, 15) is 4.79 Å². The molecule has 2 heterocycles. The average Bonchev–Trinajstić information content (AvgIpc) is 2.94. The summed E-state index contributed by atoms with van der Waals surface area (Å²) in [5, 5.41) is 9.23. The molecule has 0 radical (unpaired) electrons. The van der Waals surface area contributed by atoms with Crippen molar-refractivity contribution in [3.63, 3.8) is 0 Å². The van der Waals surface area contributed by atoms with Crippen LogP contribution in [-0.4, -0.2) is 21.1 Å². The summed E-state index contributed by atoms with van der Waals surface area (Å²) in [5.74, 6) is 1.14. The van der Waals surface area contributed by atoms with Gasteiger partial charge in [0.05, 0.1) is 24.5 Å². The van der Waals surface area contributed by atoms with Crippen LogP contribution in [0.4, 0.5) is 0 Å². The molecule has 2 rings (SSSR count). The van der Waals surface area contributed by atoms with E-state index in [-0.39, 0.29) is 12.5 Å². The van der Waals surface area contributed by atoms with E-state index in [2.05, 4.69) is 20.5 Å². The lowest BCUT2D eigenvalue weighted by molar-refractivity contribution is 0.0946. The van der Waals surface area contributed by atoms with Crippen molar-refractivity contribution in [3.8, 4) is 0 Å². The van der Waals surface area contributed by atoms with Crippen molar-refractivity contribution in [2.24, 2.45) is 0 Å². The highest BCUT2D eigenvalue weighted by molar-refractivity contribution is 5.94. The average molecular weight is 234 g/mol. The van der Waals surface area contributed by atoms with Crippen LogP contribution in [0.5, 0.6) is 0 Å². The van der Waals surface area contributed by atoms with Gasteiger partial charge in [-0.1, -0.05) is 6.92 Å². The predicted octanol–water partition coefficient (Wildman–Crippen LogP) is 1.20.